The molecule has 0 aliphatic carbocycles. The molecule has 2 nitrogen and oxygen atoms in total. The minimum Gasteiger partial charge on any atom is -0.323 e. The average Bonchev–Trinajstić information content (AvgIpc) is 2.41. The molecule has 78 valence electrons. The summed E-state index contributed by atoms with van der Waals surface area (Å²) >= 11 is 1.71. The van der Waals surface area contributed by atoms with Crippen LogP contribution in [0.25, 0.3) is 0 Å². The predicted molar refractivity (Wildman–Crippen MR) is 62.6 cm³/mol. The minimum absolute atomic E-state index is 0.123. The Morgan fingerprint density at radius 1 is 1.57 bits per heavy atom. The Kier molecular flexibility index (Phi) is 3.84. The van der Waals surface area contributed by atoms with Crippen molar-refractivity contribution in [1.82, 2.24) is 4.98 Å². The zero-order chi connectivity index (χ0) is 10.7. The lowest BCUT2D eigenvalue weighted by Crippen LogP contribution is -2.09. The van der Waals surface area contributed by atoms with Gasteiger partial charge in [-0.3, -0.25) is 0 Å². The number of allylic oxidation sites excluding steroid dienone is 1. The fourth-order valence-corrected chi connectivity index (χ4v) is 2.39. The molecular formula is C11H18N2S. The molecule has 1 atom stereocenters. The molecule has 14 heavy (non-hydrogen) atoms. The second-order valence-electron chi connectivity index (χ2n) is 3.78. The van der Waals surface area contributed by atoms with Crippen molar-refractivity contribution in [2.45, 2.75) is 39.7 Å². The summed E-state index contributed by atoms with van der Waals surface area (Å²) in [6.45, 7) is 9.97. The van der Waals surface area contributed by atoms with Gasteiger partial charge in [-0.15, -0.1) is 17.9 Å². The smallest absolute Gasteiger partial charge is 0.0900 e. The molecule has 0 radical (unpaired) electrons. The molecule has 1 unspecified atom stereocenters. The normalized spacial score (nSPS) is 12.9. The molecule has 0 aliphatic rings. The van der Waals surface area contributed by atoms with Crippen LogP contribution in [0.3, 0.4) is 0 Å². The van der Waals surface area contributed by atoms with Crippen molar-refractivity contribution >= 4 is 11.3 Å². The van der Waals surface area contributed by atoms with Crippen LogP contribution in [0.1, 0.15) is 41.4 Å². The largest absolute Gasteiger partial charge is 0.323 e. The Balaban J connectivity index is 2.64. The van der Waals surface area contributed by atoms with E-state index < -0.39 is 0 Å². The molecule has 1 aromatic heterocycles. The van der Waals surface area contributed by atoms with E-state index in [-0.39, 0.29) is 6.04 Å². The maximum atomic E-state index is 6.09. The van der Waals surface area contributed by atoms with E-state index in [1.807, 2.05) is 20.8 Å². The molecule has 2 N–H and O–H groups in total. The highest BCUT2D eigenvalue weighted by molar-refractivity contribution is 7.11. The monoisotopic (exact) mass is 210 g/mol. The lowest BCUT2D eigenvalue weighted by Gasteiger charge is -2.09. The molecule has 0 amide bonds. The summed E-state index contributed by atoms with van der Waals surface area (Å²) in [6, 6.07) is 0.123. The van der Waals surface area contributed by atoms with Gasteiger partial charge in [-0.2, -0.15) is 0 Å². The standard InChI is InChI=1S/C11H18N2S/c1-7(2)5-6-10(12)11-8(3)13-9(4)14-11/h10H,1,5-6,12H2,2-4H3. The van der Waals surface area contributed by atoms with Gasteiger partial charge >= 0.3 is 0 Å². The fourth-order valence-electron chi connectivity index (χ4n) is 1.42. The van der Waals surface area contributed by atoms with E-state index in [1.165, 1.54) is 10.5 Å². The van der Waals surface area contributed by atoms with Crippen molar-refractivity contribution in [1.29, 1.82) is 0 Å². The predicted octanol–water partition coefficient (Wildman–Crippen LogP) is 3.12. The van der Waals surface area contributed by atoms with Gasteiger partial charge in [-0.25, -0.2) is 4.98 Å². The molecular weight excluding hydrogens is 192 g/mol. The summed E-state index contributed by atoms with van der Waals surface area (Å²) < 4.78 is 0. The van der Waals surface area contributed by atoms with E-state index in [4.69, 9.17) is 5.73 Å². The summed E-state index contributed by atoms with van der Waals surface area (Å²) in [6.07, 6.45) is 1.97. The van der Waals surface area contributed by atoms with Crippen molar-refractivity contribution in [3.05, 3.63) is 27.7 Å². The molecule has 0 aromatic carbocycles. The van der Waals surface area contributed by atoms with Crippen LogP contribution in [-0.4, -0.2) is 4.98 Å². The zero-order valence-electron chi connectivity index (χ0n) is 9.13. The lowest BCUT2D eigenvalue weighted by atomic mass is 10.1. The first kappa shape index (κ1) is 11.4. The molecule has 1 rings (SSSR count). The number of nitrogens with two attached hydrogens (primary N) is 1. The van der Waals surface area contributed by atoms with Crippen LogP contribution in [0.15, 0.2) is 12.2 Å². The van der Waals surface area contributed by atoms with E-state index in [2.05, 4.69) is 11.6 Å². The second-order valence-corrected chi connectivity index (χ2v) is 5.02. The summed E-state index contributed by atoms with van der Waals surface area (Å²) in [4.78, 5) is 5.60. The molecule has 1 aromatic rings. The van der Waals surface area contributed by atoms with Crippen molar-refractivity contribution in [2.24, 2.45) is 5.73 Å². The number of hydrogen-bond acceptors (Lipinski definition) is 3. The number of aryl methyl sites for hydroxylation is 2. The van der Waals surface area contributed by atoms with Crippen LogP contribution in [0.2, 0.25) is 0 Å². The Morgan fingerprint density at radius 3 is 2.64 bits per heavy atom. The van der Waals surface area contributed by atoms with Gasteiger partial charge in [0, 0.05) is 10.9 Å². The van der Waals surface area contributed by atoms with Crippen LogP contribution >= 0.6 is 11.3 Å². The lowest BCUT2D eigenvalue weighted by molar-refractivity contribution is 0.654. The van der Waals surface area contributed by atoms with Crippen LogP contribution < -0.4 is 5.73 Å². The molecule has 0 saturated heterocycles. The van der Waals surface area contributed by atoms with Crippen LogP contribution in [0, 0.1) is 13.8 Å². The fraction of sp³-hybridized carbons (Fsp3) is 0.545. The van der Waals surface area contributed by atoms with Crippen LogP contribution in [0.4, 0.5) is 0 Å². The van der Waals surface area contributed by atoms with Crippen molar-refractivity contribution < 1.29 is 0 Å². The van der Waals surface area contributed by atoms with Crippen LogP contribution in [0.5, 0.6) is 0 Å². The summed E-state index contributed by atoms with van der Waals surface area (Å²) in [7, 11) is 0. The van der Waals surface area contributed by atoms with Gasteiger partial charge in [0.15, 0.2) is 0 Å². The van der Waals surface area contributed by atoms with E-state index in [0.717, 1.165) is 23.5 Å². The Bertz CT molecular complexity index is 328. The highest BCUT2D eigenvalue weighted by atomic mass is 32.1. The SMILES string of the molecule is C=C(C)CCC(N)c1sc(C)nc1C. The van der Waals surface area contributed by atoms with Crippen molar-refractivity contribution in [3.63, 3.8) is 0 Å². The van der Waals surface area contributed by atoms with Crippen molar-refractivity contribution in [2.75, 3.05) is 0 Å². The van der Waals surface area contributed by atoms with E-state index in [9.17, 15) is 0 Å². The first-order valence-corrected chi connectivity index (χ1v) is 5.66. The van der Waals surface area contributed by atoms with Gasteiger partial charge < -0.3 is 5.73 Å². The first-order chi connectivity index (χ1) is 6.50. The minimum atomic E-state index is 0.123. The van der Waals surface area contributed by atoms with Gasteiger partial charge in [-0.05, 0) is 33.6 Å². The van der Waals surface area contributed by atoms with Crippen molar-refractivity contribution in [3.8, 4) is 0 Å². The quantitative estimate of drug-likeness (QED) is 0.775. The van der Waals surface area contributed by atoms with Gasteiger partial charge in [0.2, 0.25) is 0 Å². The highest BCUT2D eigenvalue weighted by Crippen LogP contribution is 2.26. The third-order valence-electron chi connectivity index (χ3n) is 2.16. The van der Waals surface area contributed by atoms with Gasteiger partial charge in [0.1, 0.15) is 0 Å². The van der Waals surface area contributed by atoms with Gasteiger partial charge in [-0.1, -0.05) is 5.57 Å². The Labute approximate surface area is 89.9 Å². The Morgan fingerprint density at radius 2 is 2.21 bits per heavy atom. The summed E-state index contributed by atoms with van der Waals surface area (Å²) in [5, 5.41) is 1.10. The van der Waals surface area contributed by atoms with Crippen LogP contribution in [-0.2, 0) is 0 Å². The molecule has 1 heterocycles. The second kappa shape index (κ2) is 4.71. The van der Waals surface area contributed by atoms with Gasteiger partial charge in [0.05, 0.1) is 10.7 Å². The number of thiazole rings is 1. The third kappa shape index (κ3) is 2.93. The molecule has 0 saturated carbocycles. The Hall–Kier alpha value is -0.670. The number of nitrogens with zero attached hydrogens (tertiary/aromatic N) is 1. The highest BCUT2D eigenvalue weighted by Gasteiger charge is 2.12. The zero-order valence-corrected chi connectivity index (χ0v) is 9.95. The van der Waals surface area contributed by atoms with Gasteiger partial charge in [0.25, 0.3) is 0 Å². The topological polar surface area (TPSA) is 38.9 Å². The number of rotatable bonds is 4. The molecule has 0 spiro atoms. The van der Waals surface area contributed by atoms with E-state index in [1.54, 1.807) is 11.3 Å². The van der Waals surface area contributed by atoms with E-state index in [0.29, 0.717) is 0 Å². The molecule has 0 aliphatic heterocycles. The molecule has 3 heteroatoms. The number of hydrogen-bond donors (Lipinski definition) is 1. The average molecular weight is 210 g/mol. The number of aromatic nitrogens is 1. The maximum absolute atomic E-state index is 6.09. The summed E-state index contributed by atoms with van der Waals surface area (Å²) in [5.41, 5.74) is 8.37. The molecule has 0 fully saturated rings. The van der Waals surface area contributed by atoms with E-state index >= 15 is 0 Å². The maximum Gasteiger partial charge on any atom is 0.0900 e. The third-order valence-corrected chi connectivity index (χ3v) is 3.36. The summed E-state index contributed by atoms with van der Waals surface area (Å²) in [5.74, 6) is 0. The first-order valence-electron chi connectivity index (χ1n) is 4.84. The molecule has 0 bridgehead atoms.